The van der Waals surface area contributed by atoms with E-state index in [0.29, 0.717) is 25.8 Å². The summed E-state index contributed by atoms with van der Waals surface area (Å²) in [6, 6.07) is -2.71. The van der Waals surface area contributed by atoms with Crippen molar-refractivity contribution in [2.24, 2.45) is 11.8 Å². The molecule has 0 aromatic rings. The van der Waals surface area contributed by atoms with Crippen LogP contribution in [0.1, 0.15) is 169 Å². The van der Waals surface area contributed by atoms with Crippen molar-refractivity contribution in [2.45, 2.75) is 180 Å². The molecule has 0 aliphatic rings. The fourth-order valence-electron chi connectivity index (χ4n) is 6.05. The first kappa shape index (κ1) is 51.6. The number of carboxylic acid groups (broad SMARTS) is 4. The molecule has 0 rings (SSSR count). The first-order chi connectivity index (χ1) is 26.5. The summed E-state index contributed by atoms with van der Waals surface area (Å²) in [6.45, 7) is 3.72. The molecule has 7 N–H and O–H groups in total. The molecule has 0 saturated carbocycles. The van der Waals surface area contributed by atoms with E-state index in [0.717, 1.165) is 77.0 Å². The maximum Gasteiger partial charge on any atom is 0.326 e. The molecule has 4 atom stereocenters. The van der Waals surface area contributed by atoms with Gasteiger partial charge < -0.3 is 36.4 Å². The van der Waals surface area contributed by atoms with Gasteiger partial charge in [-0.05, 0) is 51.9 Å². The van der Waals surface area contributed by atoms with E-state index in [-0.39, 0.29) is 58.1 Å². The Morgan fingerprint density at radius 2 is 0.929 bits per heavy atom. The Balaban J connectivity index is 0. The molecule has 0 radical (unpaired) electrons. The summed E-state index contributed by atoms with van der Waals surface area (Å²) in [4.78, 5) is 107. The fourth-order valence-corrected chi connectivity index (χ4v) is 6.05. The van der Waals surface area contributed by atoms with Crippen molar-refractivity contribution in [1.29, 1.82) is 0 Å². The number of Topliss-reactive ketones (excluding diaryl/α,β-unsaturated/α-hetero) is 2. The molecular formula is C40H69N3O13. The minimum atomic E-state index is -1.39. The molecule has 0 aromatic carbocycles. The summed E-state index contributed by atoms with van der Waals surface area (Å²) in [5.74, 6) is -8.19. The molecule has 16 heteroatoms. The Labute approximate surface area is 332 Å². The molecule has 3 amide bonds. The maximum atomic E-state index is 12.6. The fraction of sp³-hybridized carbons (Fsp3) is 0.775. The molecule has 0 aromatic heterocycles. The van der Waals surface area contributed by atoms with Crippen molar-refractivity contribution < 1.29 is 65.0 Å². The van der Waals surface area contributed by atoms with Gasteiger partial charge in [0.2, 0.25) is 17.7 Å². The monoisotopic (exact) mass is 799 g/mol. The third kappa shape index (κ3) is 29.0. The summed E-state index contributed by atoms with van der Waals surface area (Å²) in [7, 11) is 0. The first-order valence-electron chi connectivity index (χ1n) is 20.3. The number of hydrogen-bond acceptors (Lipinski definition) is 9. The van der Waals surface area contributed by atoms with Gasteiger partial charge >= 0.3 is 23.9 Å². The van der Waals surface area contributed by atoms with Crippen LogP contribution in [0.5, 0.6) is 0 Å². The van der Waals surface area contributed by atoms with Crippen molar-refractivity contribution in [1.82, 2.24) is 16.0 Å². The van der Waals surface area contributed by atoms with Gasteiger partial charge in [0.15, 0.2) is 0 Å². The molecule has 0 aliphatic heterocycles. The average Bonchev–Trinajstić information content (AvgIpc) is 3.12. The van der Waals surface area contributed by atoms with E-state index in [2.05, 4.69) is 16.0 Å². The van der Waals surface area contributed by atoms with E-state index in [4.69, 9.17) is 5.11 Å². The quantitative estimate of drug-likeness (QED) is 0.0387. The van der Waals surface area contributed by atoms with Gasteiger partial charge in [-0.3, -0.25) is 33.6 Å². The Hall–Kier alpha value is -4.37. The Bertz CT molecular complexity index is 1260. The second-order valence-electron chi connectivity index (χ2n) is 14.8. The molecule has 0 heterocycles. The zero-order valence-electron chi connectivity index (χ0n) is 33.5. The molecule has 0 saturated heterocycles. The van der Waals surface area contributed by atoms with Crippen molar-refractivity contribution in [3.05, 3.63) is 0 Å². The van der Waals surface area contributed by atoms with E-state index < -0.39 is 78.2 Å². The predicted molar refractivity (Wildman–Crippen MR) is 209 cm³/mol. The number of carbonyl (C=O) groups excluding carboxylic acids is 5. The molecule has 0 unspecified atom stereocenters. The number of hydrogen-bond donors (Lipinski definition) is 7. The molecule has 0 aliphatic carbocycles. The number of aliphatic carboxylic acids is 4. The third-order valence-electron chi connectivity index (χ3n) is 9.81. The van der Waals surface area contributed by atoms with Gasteiger partial charge in [0.1, 0.15) is 23.7 Å². The highest BCUT2D eigenvalue weighted by atomic mass is 16.4. The molecule has 322 valence electrons. The van der Waals surface area contributed by atoms with Crippen LogP contribution < -0.4 is 16.0 Å². The lowest BCUT2D eigenvalue weighted by Gasteiger charge is -2.17. The van der Waals surface area contributed by atoms with Gasteiger partial charge in [-0.1, -0.05) is 77.6 Å². The molecule has 16 nitrogen and oxygen atoms in total. The van der Waals surface area contributed by atoms with Crippen LogP contribution in [0.25, 0.3) is 0 Å². The highest BCUT2D eigenvalue weighted by Crippen LogP contribution is 2.17. The van der Waals surface area contributed by atoms with Crippen LogP contribution in [0, 0.1) is 11.8 Å². The van der Waals surface area contributed by atoms with Crippen molar-refractivity contribution in [3.8, 4) is 0 Å². The van der Waals surface area contributed by atoms with E-state index >= 15 is 0 Å². The van der Waals surface area contributed by atoms with Crippen LogP contribution in [0.15, 0.2) is 0 Å². The van der Waals surface area contributed by atoms with Crippen LogP contribution in [-0.4, -0.2) is 92.2 Å². The van der Waals surface area contributed by atoms with Gasteiger partial charge in [0.05, 0.1) is 5.92 Å². The van der Waals surface area contributed by atoms with Crippen LogP contribution >= 0.6 is 0 Å². The van der Waals surface area contributed by atoms with Gasteiger partial charge in [0.25, 0.3) is 0 Å². The second-order valence-corrected chi connectivity index (χ2v) is 14.8. The standard InChI is InChI=1S/C40H67N3O13.H2/c1-28(29(2)44)17-15-16-26-41-34(46)25-23-33(40(55)56)43-36(48)24-20-30(38(51)52)27-31(45)21-22-32(39(53)54)42-35(47)18-13-11-9-7-5-3-4-6-8-10-12-14-19-37(49)50;/h28,30,32-33H,3-27H2,1-2H3,(H,41,46)(H,42,47)(H,43,48)(H,49,50)(H,51,52)(H,53,54)(H,55,56);1H/t28-,30+,32-,33-;/m0./s1. The third-order valence-corrected chi connectivity index (χ3v) is 9.81. The topological polar surface area (TPSA) is 271 Å². The highest BCUT2D eigenvalue weighted by Gasteiger charge is 2.27. The number of carboxylic acids is 4. The molecule has 56 heavy (non-hydrogen) atoms. The van der Waals surface area contributed by atoms with E-state index in [1.807, 2.05) is 6.92 Å². The van der Waals surface area contributed by atoms with Crippen LogP contribution in [0.3, 0.4) is 0 Å². The summed E-state index contributed by atoms with van der Waals surface area (Å²) in [5, 5.41) is 44.7. The van der Waals surface area contributed by atoms with Gasteiger partial charge in [0, 0.05) is 52.4 Å². The normalized spacial score (nSPS) is 13.1. The Morgan fingerprint density at radius 1 is 0.482 bits per heavy atom. The van der Waals surface area contributed by atoms with E-state index in [1.165, 1.54) is 6.92 Å². The Kier molecular flexibility index (Phi) is 29.3. The predicted octanol–water partition coefficient (Wildman–Crippen LogP) is 5.43. The molecular weight excluding hydrogens is 730 g/mol. The number of unbranched alkanes of at least 4 members (excludes halogenated alkanes) is 12. The molecule has 0 bridgehead atoms. The van der Waals surface area contributed by atoms with Crippen LogP contribution in [0.4, 0.5) is 0 Å². The number of nitrogens with one attached hydrogen (secondary N) is 3. The largest absolute Gasteiger partial charge is 0.481 e. The number of rotatable bonds is 37. The number of ketones is 2. The first-order valence-corrected chi connectivity index (χ1v) is 20.3. The van der Waals surface area contributed by atoms with Crippen LogP contribution in [-0.2, 0) is 43.2 Å². The minimum absolute atomic E-state index is 0. The Morgan fingerprint density at radius 3 is 1.39 bits per heavy atom. The smallest absolute Gasteiger partial charge is 0.326 e. The lowest BCUT2D eigenvalue weighted by Crippen LogP contribution is -2.42. The molecule has 0 fully saturated rings. The maximum absolute atomic E-state index is 12.6. The highest BCUT2D eigenvalue weighted by molar-refractivity contribution is 5.87. The van der Waals surface area contributed by atoms with Gasteiger partial charge in [-0.15, -0.1) is 0 Å². The van der Waals surface area contributed by atoms with Crippen molar-refractivity contribution >= 4 is 53.2 Å². The summed E-state index contributed by atoms with van der Waals surface area (Å²) >= 11 is 0. The second kappa shape index (κ2) is 31.8. The lowest BCUT2D eigenvalue weighted by molar-refractivity contribution is -0.145. The summed E-state index contributed by atoms with van der Waals surface area (Å²) in [5.41, 5.74) is 0. The van der Waals surface area contributed by atoms with Gasteiger partial charge in [-0.25, -0.2) is 9.59 Å². The average molecular weight is 800 g/mol. The number of amides is 3. The van der Waals surface area contributed by atoms with Crippen LogP contribution in [0.2, 0.25) is 0 Å². The van der Waals surface area contributed by atoms with Gasteiger partial charge in [-0.2, -0.15) is 0 Å². The number of carbonyl (C=O) groups is 9. The van der Waals surface area contributed by atoms with Crippen molar-refractivity contribution in [3.63, 3.8) is 0 Å². The minimum Gasteiger partial charge on any atom is -0.481 e. The summed E-state index contributed by atoms with van der Waals surface area (Å²) < 4.78 is 0. The lowest BCUT2D eigenvalue weighted by atomic mass is 9.94. The molecule has 0 spiro atoms. The van der Waals surface area contributed by atoms with E-state index in [9.17, 15) is 58.5 Å². The van der Waals surface area contributed by atoms with E-state index in [1.54, 1.807) is 0 Å². The SMILES string of the molecule is CC(=O)[C@@H](C)CCCCNC(=O)CC[C@H](NC(=O)CC[C@H](CC(=O)CC[C@H](NC(=O)CCCCCCCCCCCCCCC(=O)O)C(=O)O)C(=O)O)C(=O)O.[HH]. The zero-order chi connectivity index (χ0) is 42.3. The van der Waals surface area contributed by atoms with Crippen molar-refractivity contribution in [2.75, 3.05) is 6.54 Å². The zero-order valence-corrected chi connectivity index (χ0v) is 33.5. The summed E-state index contributed by atoms with van der Waals surface area (Å²) in [6.07, 6.45) is 12.1.